The zero-order chi connectivity index (χ0) is 10.4. The molecule has 0 aromatic carbocycles. The van der Waals surface area contributed by atoms with Gasteiger partial charge in [0.25, 0.3) is 0 Å². The largest absolute Gasteiger partial charge is 0.383 e. The smallest absolute Gasteiger partial charge is 0.0615 e. The van der Waals surface area contributed by atoms with Gasteiger partial charge in [-0.1, -0.05) is 18.5 Å². The van der Waals surface area contributed by atoms with Crippen LogP contribution in [0.5, 0.6) is 0 Å². The van der Waals surface area contributed by atoms with E-state index in [1.165, 1.54) is 4.88 Å². The van der Waals surface area contributed by atoms with Crippen molar-refractivity contribution in [1.29, 1.82) is 0 Å². The average Bonchev–Trinajstić information content (AvgIpc) is 2.59. The monoisotopic (exact) mass is 233 g/mol. The normalized spacial score (nSPS) is 13.1. The molecule has 0 fully saturated rings. The molecule has 0 radical (unpaired) electrons. The van der Waals surface area contributed by atoms with Crippen molar-refractivity contribution in [2.75, 3.05) is 13.7 Å². The van der Waals surface area contributed by atoms with Crippen LogP contribution in [-0.4, -0.2) is 19.8 Å². The molecule has 0 spiro atoms. The van der Waals surface area contributed by atoms with Gasteiger partial charge in [-0.25, -0.2) is 0 Å². The van der Waals surface area contributed by atoms with Crippen molar-refractivity contribution in [2.45, 2.75) is 25.9 Å². The minimum atomic E-state index is 0.431. The molecule has 2 nitrogen and oxygen atoms in total. The van der Waals surface area contributed by atoms with Gasteiger partial charge in [0, 0.05) is 30.0 Å². The second-order valence-electron chi connectivity index (χ2n) is 3.17. The van der Waals surface area contributed by atoms with Gasteiger partial charge in [-0.2, -0.15) is 0 Å². The Morgan fingerprint density at radius 3 is 2.93 bits per heavy atom. The summed E-state index contributed by atoms with van der Waals surface area (Å²) in [5.41, 5.74) is 0. The van der Waals surface area contributed by atoms with Crippen molar-refractivity contribution in [3.63, 3.8) is 0 Å². The quantitative estimate of drug-likeness (QED) is 0.816. The number of nitrogens with one attached hydrogen (secondary N) is 1. The van der Waals surface area contributed by atoms with E-state index in [2.05, 4.69) is 12.2 Å². The van der Waals surface area contributed by atoms with Crippen LogP contribution >= 0.6 is 22.9 Å². The number of hydrogen-bond donors (Lipinski definition) is 1. The number of rotatable bonds is 6. The molecule has 0 saturated carbocycles. The van der Waals surface area contributed by atoms with Crippen molar-refractivity contribution in [1.82, 2.24) is 5.32 Å². The molecular formula is C10H16ClNOS. The van der Waals surface area contributed by atoms with Crippen molar-refractivity contribution < 1.29 is 4.74 Å². The fourth-order valence-electron chi connectivity index (χ4n) is 1.21. The Balaban J connectivity index is 2.31. The molecule has 0 amide bonds. The number of halogens is 1. The van der Waals surface area contributed by atoms with Crippen LogP contribution in [0, 0.1) is 0 Å². The molecule has 0 bridgehead atoms. The Hall–Kier alpha value is -0.0900. The highest BCUT2D eigenvalue weighted by atomic mass is 35.5. The first-order valence-corrected chi connectivity index (χ1v) is 5.97. The van der Waals surface area contributed by atoms with Crippen LogP contribution in [0.3, 0.4) is 0 Å². The van der Waals surface area contributed by atoms with E-state index in [1.807, 2.05) is 11.4 Å². The van der Waals surface area contributed by atoms with Crippen molar-refractivity contribution >= 4 is 22.9 Å². The van der Waals surface area contributed by atoms with E-state index in [1.54, 1.807) is 18.4 Å². The molecule has 1 N–H and O–H groups in total. The number of ether oxygens (including phenoxy) is 1. The summed E-state index contributed by atoms with van der Waals surface area (Å²) in [7, 11) is 1.73. The zero-order valence-corrected chi connectivity index (χ0v) is 10.1. The van der Waals surface area contributed by atoms with E-state index in [9.17, 15) is 0 Å². The third-order valence-electron chi connectivity index (χ3n) is 2.05. The van der Waals surface area contributed by atoms with Crippen LogP contribution in [-0.2, 0) is 11.3 Å². The first kappa shape index (κ1) is 12.0. The predicted molar refractivity (Wildman–Crippen MR) is 62.1 cm³/mol. The van der Waals surface area contributed by atoms with Crippen LogP contribution in [0.2, 0.25) is 5.02 Å². The molecule has 1 rings (SSSR count). The van der Waals surface area contributed by atoms with Gasteiger partial charge in [-0.3, -0.25) is 0 Å². The maximum atomic E-state index is 5.83. The highest BCUT2D eigenvalue weighted by molar-refractivity contribution is 7.10. The molecule has 1 heterocycles. The molecule has 0 aliphatic heterocycles. The van der Waals surface area contributed by atoms with Gasteiger partial charge in [0.15, 0.2) is 0 Å². The SMILES string of the molecule is CCC(COC)NCc1cc(Cl)cs1. The summed E-state index contributed by atoms with van der Waals surface area (Å²) in [5, 5.41) is 6.21. The topological polar surface area (TPSA) is 21.3 Å². The van der Waals surface area contributed by atoms with E-state index >= 15 is 0 Å². The molecule has 0 aliphatic carbocycles. The van der Waals surface area contributed by atoms with Gasteiger partial charge in [0.1, 0.15) is 0 Å². The Bertz CT molecular complexity index is 264. The van der Waals surface area contributed by atoms with E-state index in [0.29, 0.717) is 6.04 Å². The average molecular weight is 234 g/mol. The molecule has 1 unspecified atom stereocenters. The number of thiophene rings is 1. The van der Waals surface area contributed by atoms with Crippen molar-refractivity contribution in [2.24, 2.45) is 0 Å². The number of hydrogen-bond acceptors (Lipinski definition) is 3. The summed E-state index contributed by atoms with van der Waals surface area (Å²) in [4.78, 5) is 1.27. The molecule has 4 heteroatoms. The summed E-state index contributed by atoms with van der Waals surface area (Å²) in [6, 6.07) is 2.43. The lowest BCUT2D eigenvalue weighted by atomic mass is 10.2. The highest BCUT2D eigenvalue weighted by Gasteiger charge is 2.05. The molecule has 1 atom stereocenters. The standard InChI is InChI=1S/C10H16ClNOS/c1-3-9(6-13-2)12-5-10-4-8(11)7-14-10/h4,7,9,12H,3,5-6H2,1-2H3. The van der Waals surface area contributed by atoms with E-state index in [-0.39, 0.29) is 0 Å². The maximum absolute atomic E-state index is 5.83. The lowest BCUT2D eigenvalue weighted by Crippen LogP contribution is -2.31. The second kappa shape index (κ2) is 6.40. The predicted octanol–water partition coefficient (Wildman–Crippen LogP) is 2.92. The van der Waals surface area contributed by atoms with Crippen LogP contribution in [0.25, 0.3) is 0 Å². The van der Waals surface area contributed by atoms with Crippen molar-refractivity contribution in [3.05, 3.63) is 21.3 Å². The van der Waals surface area contributed by atoms with Crippen LogP contribution < -0.4 is 5.32 Å². The van der Waals surface area contributed by atoms with E-state index in [4.69, 9.17) is 16.3 Å². The lowest BCUT2D eigenvalue weighted by molar-refractivity contribution is 0.164. The summed E-state index contributed by atoms with van der Waals surface area (Å²) in [6.07, 6.45) is 1.08. The molecular weight excluding hydrogens is 218 g/mol. The molecule has 1 aromatic rings. The zero-order valence-electron chi connectivity index (χ0n) is 8.55. The van der Waals surface area contributed by atoms with Crippen LogP contribution in [0.4, 0.5) is 0 Å². The Morgan fingerprint density at radius 1 is 1.64 bits per heavy atom. The molecule has 1 aromatic heterocycles. The Labute approximate surface area is 94.2 Å². The number of methoxy groups -OCH3 is 1. The van der Waals surface area contributed by atoms with Crippen LogP contribution in [0.15, 0.2) is 11.4 Å². The van der Waals surface area contributed by atoms with Gasteiger partial charge < -0.3 is 10.1 Å². The van der Waals surface area contributed by atoms with E-state index < -0.39 is 0 Å². The molecule has 0 aliphatic rings. The third-order valence-corrected chi connectivity index (χ3v) is 3.33. The second-order valence-corrected chi connectivity index (χ2v) is 4.60. The fourth-order valence-corrected chi connectivity index (χ4v) is 2.24. The first-order chi connectivity index (χ1) is 6.76. The van der Waals surface area contributed by atoms with Gasteiger partial charge in [-0.15, -0.1) is 11.3 Å². The Morgan fingerprint density at radius 2 is 2.43 bits per heavy atom. The first-order valence-electron chi connectivity index (χ1n) is 4.71. The maximum Gasteiger partial charge on any atom is 0.0615 e. The molecule has 0 saturated heterocycles. The summed E-state index contributed by atoms with van der Waals surface area (Å²) >= 11 is 7.51. The minimum Gasteiger partial charge on any atom is -0.383 e. The lowest BCUT2D eigenvalue weighted by Gasteiger charge is -2.14. The van der Waals surface area contributed by atoms with Crippen LogP contribution in [0.1, 0.15) is 18.2 Å². The minimum absolute atomic E-state index is 0.431. The summed E-state index contributed by atoms with van der Waals surface area (Å²) in [5.74, 6) is 0. The van der Waals surface area contributed by atoms with Gasteiger partial charge in [0.2, 0.25) is 0 Å². The van der Waals surface area contributed by atoms with Gasteiger partial charge in [-0.05, 0) is 12.5 Å². The van der Waals surface area contributed by atoms with Crippen molar-refractivity contribution in [3.8, 4) is 0 Å². The third kappa shape index (κ3) is 3.96. The van der Waals surface area contributed by atoms with E-state index in [0.717, 1.165) is 24.6 Å². The highest BCUT2D eigenvalue weighted by Crippen LogP contribution is 2.18. The molecule has 80 valence electrons. The fraction of sp³-hybridized carbons (Fsp3) is 0.600. The molecule has 14 heavy (non-hydrogen) atoms. The van der Waals surface area contributed by atoms with Gasteiger partial charge >= 0.3 is 0 Å². The summed E-state index contributed by atoms with van der Waals surface area (Å²) < 4.78 is 5.10. The van der Waals surface area contributed by atoms with Gasteiger partial charge in [0.05, 0.1) is 11.6 Å². The Kier molecular flexibility index (Phi) is 5.48. The summed E-state index contributed by atoms with van der Waals surface area (Å²) in [6.45, 7) is 3.78.